The van der Waals surface area contributed by atoms with Crippen molar-refractivity contribution in [2.24, 2.45) is 0 Å². The molecule has 0 aliphatic heterocycles. The lowest BCUT2D eigenvalue weighted by molar-refractivity contribution is -0.137. The number of aryl methyl sites for hydroxylation is 1. The number of rotatable bonds is 8. The molecule has 0 radical (unpaired) electrons. The lowest BCUT2D eigenvalue weighted by Crippen LogP contribution is -2.24. The lowest BCUT2D eigenvalue weighted by Gasteiger charge is -2.10. The number of hydrogen-bond donors (Lipinski definition) is 2. The molecule has 0 bridgehead atoms. The van der Waals surface area contributed by atoms with Crippen molar-refractivity contribution >= 4 is 23.1 Å². The third-order valence-corrected chi connectivity index (χ3v) is 5.13. The summed E-state index contributed by atoms with van der Waals surface area (Å²) in [5, 5.41) is 2.45. The molecular weight excluding hydrogens is 463 g/mol. The number of nitrogens with two attached hydrogens (primary N) is 1. The first kappa shape index (κ1) is 23.9. The number of fused-ring (bicyclic) bond motifs is 1. The van der Waals surface area contributed by atoms with Gasteiger partial charge in [0.1, 0.15) is 5.52 Å². The lowest BCUT2D eigenvalue weighted by atomic mass is 10.1. The molecular formula is C23H22F3N7O2. The Morgan fingerprint density at radius 1 is 1.14 bits per heavy atom. The highest BCUT2D eigenvalue weighted by molar-refractivity contribution is 5.83. The maximum absolute atomic E-state index is 12.8. The fourth-order valence-corrected chi connectivity index (χ4v) is 3.39. The summed E-state index contributed by atoms with van der Waals surface area (Å²) in [4.78, 5) is 29.1. The van der Waals surface area contributed by atoms with Crippen molar-refractivity contribution in [2.75, 3.05) is 12.3 Å². The standard InChI is InChI=1S/C23H22F3N7O2/c24-23(25,26)17-7-3-5-15(11-17)12-29-22(34)35-10-2-1-9-33-14-30-18-19(27)31-20(32-21(18)33)16-6-4-8-28-13-16/h3-8,11,13-14H,1-2,9-10,12H2,(H,29,34)(H2,27,31,32). The molecule has 0 spiro atoms. The molecule has 1 aromatic carbocycles. The maximum atomic E-state index is 12.8. The zero-order valence-corrected chi connectivity index (χ0v) is 18.5. The van der Waals surface area contributed by atoms with Crippen LogP contribution < -0.4 is 11.1 Å². The number of nitrogen functional groups attached to an aromatic ring is 1. The van der Waals surface area contributed by atoms with Crippen molar-refractivity contribution in [3.63, 3.8) is 0 Å². The highest BCUT2D eigenvalue weighted by Gasteiger charge is 2.30. The number of alkyl halides is 3. The summed E-state index contributed by atoms with van der Waals surface area (Å²) in [6.07, 6.45) is 1.03. The third-order valence-electron chi connectivity index (χ3n) is 5.13. The van der Waals surface area contributed by atoms with Crippen molar-refractivity contribution in [2.45, 2.75) is 32.1 Å². The number of aromatic nitrogens is 5. The fourth-order valence-electron chi connectivity index (χ4n) is 3.39. The van der Waals surface area contributed by atoms with E-state index in [4.69, 9.17) is 10.5 Å². The van der Waals surface area contributed by atoms with Crippen LogP contribution in [0.15, 0.2) is 55.1 Å². The Hall–Kier alpha value is -4.22. The van der Waals surface area contributed by atoms with Gasteiger partial charge in [-0.15, -0.1) is 0 Å². The summed E-state index contributed by atoms with van der Waals surface area (Å²) in [6.45, 7) is 0.651. The van der Waals surface area contributed by atoms with E-state index in [1.54, 1.807) is 24.8 Å². The van der Waals surface area contributed by atoms with E-state index in [0.717, 1.165) is 17.7 Å². The first-order chi connectivity index (χ1) is 16.8. The van der Waals surface area contributed by atoms with Crippen LogP contribution in [0.1, 0.15) is 24.0 Å². The average molecular weight is 485 g/mol. The topological polar surface area (TPSA) is 121 Å². The molecule has 0 aliphatic rings. The molecule has 12 heteroatoms. The minimum absolute atomic E-state index is 0.0653. The van der Waals surface area contributed by atoms with Gasteiger partial charge in [0, 0.05) is 31.0 Å². The van der Waals surface area contributed by atoms with E-state index >= 15 is 0 Å². The Kier molecular flexibility index (Phi) is 7.09. The first-order valence-electron chi connectivity index (χ1n) is 10.8. The minimum Gasteiger partial charge on any atom is -0.450 e. The molecule has 3 N–H and O–H groups in total. The molecule has 0 saturated carbocycles. The molecule has 4 rings (SSSR count). The summed E-state index contributed by atoms with van der Waals surface area (Å²) < 4.78 is 45.3. The first-order valence-corrected chi connectivity index (χ1v) is 10.8. The molecule has 0 saturated heterocycles. The Morgan fingerprint density at radius 3 is 2.77 bits per heavy atom. The van der Waals surface area contributed by atoms with Crippen LogP contribution in [0.5, 0.6) is 0 Å². The van der Waals surface area contributed by atoms with Gasteiger partial charge in [-0.2, -0.15) is 13.2 Å². The smallest absolute Gasteiger partial charge is 0.416 e. The van der Waals surface area contributed by atoms with Gasteiger partial charge in [-0.3, -0.25) is 4.98 Å². The molecule has 0 unspecified atom stereocenters. The molecule has 0 fully saturated rings. The van der Waals surface area contributed by atoms with Crippen LogP contribution in [-0.2, 0) is 24.0 Å². The number of alkyl carbamates (subject to hydrolysis) is 1. The maximum Gasteiger partial charge on any atom is 0.416 e. The van der Waals surface area contributed by atoms with Gasteiger partial charge in [0.25, 0.3) is 0 Å². The predicted octanol–water partition coefficient (Wildman–Crippen LogP) is 4.20. The number of nitrogens with one attached hydrogen (secondary N) is 1. The van der Waals surface area contributed by atoms with Gasteiger partial charge in [0.2, 0.25) is 0 Å². The molecule has 9 nitrogen and oxygen atoms in total. The average Bonchev–Trinajstić information content (AvgIpc) is 3.26. The number of unbranched alkanes of at least 4 members (excludes halogenated alkanes) is 1. The van der Waals surface area contributed by atoms with E-state index in [1.807, 2.05) is 10.6 Å². The van der Waals surface area contributed by atoms with Gasteiger partial charge in [0.15, 0.2) is 17.3 Å². The number of carbonyl (C=O) groups excluding carboxylic acids is 1. The number of pyridine rings is 1. The highest BCUT2D eigenvalue weighted by Crippen LogP contribution is 2.29. The van der Waals surface area contributed by atoms with Crippen LogP contribution >= 0.6 is 0 Å². The molecule has 0 aliphatic carbocycles. The summed E-state index contributed by atoms with van der Waals surface area (Å²) in [7, 11) is 0. The van der Waals surface area contributed by atoms with Crippen LogP contribution in [0.25, 0.3) is 22.6 Å². The fraction of sp³-hybridized carbons (Fsp3) is 0.261. The molecule has 35 heavy (non-hydrogen) atoms. The molecule has 3 aromatic heterocycles. The summed E-state index contributed by atoms with van der Waals surface area (Å²) in [5.74, 6) is 0.721. The highest BCUT2D eigenvalue weighted by atomic mass is 19.4. The molecule has 1 amide bonds. The minimum atomic E-state index is -4.44. The quantitative estimate of drug-likeness (QED) is 0.359. The van der Waals surface area contributed by atoms with Crippen LogP contribution in [0.2, 0.25) is 0 Å². The van der Waals surface area contributed by atoms with Crippen LogP contribution in [0, 0.1) is 0 Å². The number of carbonyl (C=O) groups is 1. The number of halogens is 3. The van der Waals surface area contributed by atoms with Gasteiger partial charge >= 0.3 is 12.3 Å². The number of amides is 1. The van der Waals surface area contributed by atoms with Gasteiger partial charge in [-0.1, -0.05) is 12.1 Å². The van der Waals surface area contributed by atoms with Crippen LogP contribution in [0.3, 0.4) is 0 Å². The Bertz CT molecular complexity index is 1310. The van der Waals surface area contributed by atoms with Crippen molar-refractivity contribution in [3.8, 4) is 11.4 Å². The van der Waals surface area contributed by atoms with E-state index in [0.29, 0.717) is 41.9 Å². The molecule has 182 valence electrons. The summed E-state index contributed by atoms with van der Waals surface area (Å²) in [5.41, 5.74) is 7.44. The monoisotopic (exact) mass is 485 g/mol. The van der Waals surface area contributed by atoms with Crippen molar-refractivity contribution in [3.05, 3.63) is 66.2 Å². The van der Waals surface area contributed by atoms with E-state index in [2.05, 4.69) is 25.3 Å². The Balaban J connectivity index is 1.25. The zero-order chi connectivity index (χ0) is 24.8. The second-order valence-electron chi connectivity index (χ2n) is 7.68. The van der Waals surface area contributed by atoms with E-state index < -0.39 is 17.8 Å². The van der Waals surface area contributed by atoms with Gasteiger partial charge in [0.05, 0.1) is 18.5 Å². The Morgan fingerprint density at radius 2 is 2.00 bits per heavy atom. The molecule has 0 atom stereocenters. The second-order valence-corrected chi connectivity index (χ2v) is 7.68. The van der Waals surface area contributed by atoms with Crippen molar-refractivity contribution in [1.82, 2.24) is 29.8 Å². The zero-order valence-electron chi connectivity index (χ0n) is 18.5. The summed E-state index contributed by atoms with van der Waals surface area (Å²) in [6, 6.07) is 8.39. The Labute approximate surface area is 198 Å². The predicted molar refractivity (Wildman–Crippen MR) is 122 cm³/mol. The molecule has 4 aromatic rings. The normalized spacial score (nSPS) is 11.5. The third kappa shape index (κ3) is 6.02. The van der Waals surface area contributed by atoms with Crippen molar-refractivity contribution < 1.29 is 22.7 Å². The number of anilines is 1. The van der Waals surface area contributed by atoms with Gasteiger partial charge in [-0.05, 0) is 42.7 Å². The number of hydrogen-bond acceptors (Lipinski definition) is 7. The van der Waals surface area contributed by atoms with E-state index in [-0.39, 0.29) is 19.0 Å². The van der Waals surface area contributed by atoms with Crippen molar-refractivity contribution in [1.29, 1.82) is 0 Å². The van der Waals surface area contributed by atoms with E-state index in [9.17, 15) is 18.0 Å². The molecule has 3 heterocycles. The summed E-state index contributed by atoms with van der Waals surface area (Å²) >= 11 is 0. The number of imidazole rings is 1. The largest absolute Gasteiger partial charge is 0.450 e. The second kappa shape index (κ2) is 10.4. The van der Waals surface area contributed by atoms with E-state index in [1.165, 1.54) is 12.1 Å². The number of benzene rings is 1. The number of nitrogens with zero attached hydrogens (tertiary/aromatic N) is 5. The van der Waals surface area contributed by atoms with Crippen LogP contribution in [-0.4, -0.2) is 37.2 Å². The van der Waals surface area contributed by atoms with Gasteiger partial charge in [-0.25, -0.2) is 19.7 Å². The SMILES string of the molecule is Nc1nc(-c2cccnc2)nc2c1ncn2CCCCOC(=O)NCc1cccc(C(F)(F)F)c1. The van der Waals surface area contributed by atoms with Gasteiger partial charge < -0.3 is 20.4 Å². The number of ether oxygens (including phenoxy) is 1. The van der Waals surface area contributed by atoms with Crippen LogP contribution in [0.4, 0.5) is 23.8 Å².